The average Bonchev–Trinajstić information content (AvgIpc) is 2.08. The lowest BCUT2D eigenvalue weighted by Crippen LogP contribution is -2.42. The summed E-state index contributed by atoms with van der Waals surface area (Å²) in [5.74, 6) is -0.0562. The summed E-state index contributed by atoms with van der Waals surface area (Å²) >= 11 is 0. The molecule has 1 fully saturated rings. The molecule has 1 atom stereocenters. The number of amides is 1. The van der Waals surface area contributed by atoms with Crippen LogP contribution in [0.3, 0.4) is 0 Å². The van der Waals surface area contributed by atoms with Crippen molar-refractivity contribution in [3.8, 4) is 0 Å². The molecular formula is C8H12N2O. The summed E-state index contributed by atoms with van der Waals surface area (Å²) in [6.45, 7) is 5.43. The smallest absolute Gasteiger partial charge is 0.226 e. The van der Waals surface area contributed by atoms with Crippen LogP contribution in [0.4, 0.5) is 0 Å². The van der Waals surface area contributed by atoms with Gasteiger partial charge in [-0.25, -0.2) is 0 Å². The van der Waals surface area contributed by atoms with Gasteiger partial charge in [0, 0.05) is 5.71 Å². The highest BCUT2D eigenvalue weighted by molar-refractivity contribution is 6.11. The Labute approximate surface area is 66.0 Å². The summed E-state index contributed by atoms with van der Waals surface area (Å²) in [7, 11) is 0. The van der Waals surface area contributed by atoms with Gasteiger partial charge in [0.1, 0.15) is 0 Å². The van der Waals surface area contributed by atoms with Gasteiger partial charge in [0.2, 0.25) is 5.91 Å². The molecule has 0 aliphatic carbocycles. The number of carbonyl (C=O) groups is 1. The first-order chi connectivity index (χ1) is 5.08. The van der Waals surface area contributed by atoms with Crippen LogP contribution in [-0.2, 0) is 4.79 Å². The van der Waals surface area contributed by atoms with E-state index in [1.54, 1.807) is 6.08 Å². The van der Waals surface area contributed by atoms with Crippen LogP contribution in [0.25, 0.3) is 0 Å². The van der Waals surface area contributed by atoms with Crippen LogP contribution in [0.1, 0.15) is 19.8 Å². The van der Waals surface area contributed by atoms with Crippen molar-refractivity contribution in [3.63, 3.8) is 0 Å². The van der Waals surface area contributed by atoms with Crippen LogP contribution >= 0.6 is 0 Å². The zero-order chi connectivity index (χ0) is 8.48. The Hall–Kier alpha value is -1.12. The first-order valence-corrected chi connectivity index (χ1v) is 3.58. The second-order valence-corrected chi connectivity index (χ2v) is 3.03. The SMILES string of the molecule is C=CC[C@]1(C)NC(=O)CC1=N. The Balaban J connectivity index is 2.78. The summed E-state index contributed by atoms with van der Waals surface area (Å²) in [4.78, 5) is 10.9. The van der Waals surface area contributed by atoms with Gasteiger partial charge in [-0.3, -0.25) is 4.79 Å². The number of carbonyl (C=O) groups excluding carboxylic acids is 1. The molecule has 60 valence electrons. The quantitative estimate of drug-likeness (QED) is 0.566. The summed E-state index contributed by atoms with van der Waals surface area (Å²) in [5, 5.41) is 10.3. The van der Waals surface area contributed by atoms with E-state index < -0.39 is 5.54 Å². The van der Waals surface area contributed by atoms with E-state index in [-0.39, 0.29) is 12.3 Å². The number of hydrogen-bond acceptors (Lipinski definition) is 2. The van der Waals surface area contributed by atoms with Crippen molar-refractivity contribution >= 4 is 11.6 Å². The third kappa shape index (κ3) is 1.31. The average molecular weight is 152 g/mol. The topological polar surface area (TPSA) is 53.0 Å². The normalized spacial score (nSPS) is 30.3. The molecule has 1 aliphatic heterocycles. The van der Waals surface area contributed by atoms with E-state index in [9.17, 15) is 4.79 Å². The van der Waals surface area contributed by atoms with Gasteiger partial charge in [0.05, 0.1) is 12.0 Å². The number of nitrogens with one attached hydrogen (secondary N) is 2. The molecule has 0 saturated carbocycles. The fourth-order valence-electron chi connectivity index (χ4n) is 1.25. The highest BCUT2D eigenvalue weighted by atomic mass is 16.2. The molecule has 0 aromatic rings. The van der Waals surface area contributed by atoms with Crippen molar-refractivity contribution < 1.29 is 4.79 Å². The lowest BCUT2D eigenvalue weighted by molar-refractivity contribution is -0.119. The highest BCUT2D eigenvalue weighted by Crippen LogP contribution is 2.19. The second kappa shape index (κ2) is 2.49. The second-order valence-electron chi connectivity index (χ2n) is 3.03. The van der Waals surface area contributed by atoms with Crippen LogP contribution in [0, 0.1) is 5.41 Å². The summed E-state index contributed by atoms with van der Waals surface area (Å²) in [6, 6.07) is 0. The molecule has 0 aromatic heterocycles. The molecule has 0 radical (unpaired) electrons. The molecule has 0 aromatic carbocycles. The lowest BCUT2D eigenvalue weighted by Gasteiger charge is -2.21. The molecule has 1 rings (SSSR count). The molecule has 1 saturated heterocycles. The minimum Gasteiger partial charge on any atom is -0.345 e. The van der Waals surface area contributed by atoms with Crippen molar-refractivity contribution in [1.29, 1.82) is 5.41 Å². The lowest BCUT2D eigenvalue weighted by atomic mass is 9.94. The molecule has 0 unspecified atom stereocenters. The maximum absolute atomic E-state index is 10.9. The fourth-order valence-corrected chi connectivity index (χ4v) is 1.25. The third-order valence-corrected chi connectivity index (χ3v) is 1.97. The number of rotatable bonds is 2. The van der Waals surface area contributed by atoms with Crippen molar-refractivity contribution in [2.24, 2.45) is 0 Å². The molecule has 3 nitrogen and oxygen atoms in total. The van der Waals surface area contributed by atoms with E-state index in [0.29, 0.717) is 12.1 Å². The largest absolute Gasteiger partial charge is 0.345 e. The van der Waals surface area contributed by atoms with Crippen molar-refractivity contribution in [1.82, 2.24) is 5.32 Å². The van der Waals surface area contributed by atoms with Gasteiger partial charge in [-0.05, 0) is 13.3 Å². The van der Waals surface area contributed by atoms with Crippen LogP contribution in [0.5, 0.6) is 0 Å². The monoisotopic (exact) mass is 152 g/mol. The predicted octanol–water partition coefficient (Wildman–Crippen LogP) is 0.861. The van der Waals surface area contributed by atoms with Gasteiger partial charge in [0.15, 0.2) is 0 Å². The molecule has 0 spiro atoms. The van der Waals surface area contributed by atoms with E-state index in [4.69, 9.17) is 5.41 Å². The molecule has 2 N–H and O–H groups in total. The Morgan fingerprint density at radius 3 is 2.91 bits per heavy atom. The first kappa shape index (κ1) is 7.98. The standard InChI is InChI=1S/C8H12N2O/c1-3-4-8(2)6(9)5-7(11)10-8/h3,9H,1,4-5H2,2H3,(H,10,11)/t8-/m0/s1. The fraction of sp³-hybridized carbons (Fsp3) is 0.500. The van der Waals surface area contributed by atoms with E-state index in [2.05, 4.69) is 11.9 Å². The Morgan fingerprint density at radius 2 is 2.55 bits per heavy atom. The minimum atomic E-state index is -0.459. The minimum absolute atomic E-state index is 0.0562. The van der Waals surface area contributed by atoms with Crippen LogP contribution in [-0.4, -0.2) is 17.2 Å². The van der Waals surface area contributed by atoms with Crippen LogP contribution < -0.4 is 5.32 Å². The summed E-state index contributed by atoms with van der Waals surface area (Å²) in [5.41, 5.74) is 0.00106. The summed E-state index contributed by atoms with van der Waals surface area (Å²) in [6.07, 6.45) is 2.60. The first-order valence-electron chi connectivity index (χ1n) is 3.58. The van der Waals surface area contributed by atoms with E-state index in [0.717, 1.165) is 0 Å². The van der Waals surface area contributed by atoms with Crippen molar-refractivity contribution in [2.75, 3.05) is 0 Å². The molecule has 3 heteroatoms. The van der Waals surface area contributed by atoms with Gasteiger partial charge < -0.3 is 10.7 Å². The summed E-state index contributed by atoms with van der Waals surface area (Å²) < 4.78 is 0. The molecule has 1 amide bonds. The van der Waals surface area contributed by atoms with Gasteiger partial charge in [-0.2, -0.15) is 0 Å². The van der Waals surface area contributed by atoms with Gasteiger partial charge in [0.25, 0.3) is 0 Å². The molecular weight excluding hydrogens is 140 g/mol. The zero-order valence-corrected chi connectivity index (χ0v) is 6.61. The highest BCUT2D eigenvalue weighted by Gasteiger charge is 2.36. The van der Waals surface area contributed by atoms with Crippen LogP contribution in [0.15, 0.2) is 12.7 Å². The van der Waals surface area contributed by atoms with Crippen LogP contribution in [0.2, 0.25) is 0 Å². The molecule has 1 heterocycles. The molecule has 0 bridgehead atoms. The van der Waals surface area contributed by atoms with Crippen molar-refractivity contribution in [3.05, 3.63) is 12.7 Å². The Bertz CT molecular complexity index is 222. The Morgan fingerprint density at radius 1 is 1.91 bits per heavy atom. The number of hydrogen-bond donors (Lipinski definition) is 2. The zero-order valence-electron chi connectivity index (χ0n) is 6.61. The third-order valence-electron chi connectivity index (χ3n) is 1.97. The Kier molecular flexibility index (Phi) is 1.81. The predicted molar refractivity (Wildman–Crippen MR) is 43.7 cm³/mol. The molecule has 1 aliphatic rings. The maximum atomic E-state index is 10.9. The molecule has 11 heavy (non-hydrogen) atoms. The van der Waals surface area contributed by atoms with Gasteiger partial charge in [-0.15, -0.1) is 6.58 Å². The van der Waals surface area contributed by atoms with E-state index >= 15 is 0 Å². The van der Waals surface area contributed by atoms with E-state index in [1.165, 1.54) is 0 Å². The van der Waals surface area contributed by atoms with Crippen molar-refractivity contribution in [2.45, 2.75) is 25.3 Å². The van der Waals surface area contributed by atoms with Gasteiger partial charge >= 0.3 is 0 Å². The maximum Gasteiger partial charge on any atom is 0.226 e. The van der Waals surface area contributed by atoms with Gasteiger partial charge in [-0.1, -0.05) is 6.08 Å². The van der Waals surface area contributed by atoms with E-state index in [1.807, 2.05) is 6.92 Å².